The molecule has 6 heteroatoms. The second kappa shape index (κ2) is 11.3. The summed E-state index contributed by atoms with van der Waals surface area (Å²) in [6, 6.07) is 7.45. The highest BCUT2D eigenvalue weighted by Gasteiger charge is 2.19. The van der Waals surface area contributed by atoms with Crippen LogP contribution in [-0.4, -0.2) is 32.2 Å². The molecule has 0 bridgehead atoms. The summed E-state index contributed by atoms with van der Waals surface area (Å²) in [5, 5.41) is 6.20. The monoisotopic (exact) mass is 329 g/mol. The van der Waals surface area contributed by atoms with Crippen LogP contribution in [0.2, 0.25) is 0 Å². The number of para-hydroxylation sites is 1. The maximum Gasteiger partial charge on any atom is 0.237 e. The van der Waals surface area contributed by atoms with Gasteiger partial charge in [-0.3, -0.25) is 4.79 Å². The molecule has 4 N–H and O–H groups in total. The number of halogens is 1. The van der Waals surface area contributed by atoms with Crippen molar-refractivity contribution in [1.29, 1.82) is 0 Å². The molecule has 126 valence electrons. The molecule has 0 aliphatic carbocycles. The van der Waals surface area contributed by atoms with E-state index in [0.717, 1.165) is 24.2 Å². The zero-order valence-electron chi connectivity index (χ0n) is 13.6. The topological polar surface area (TPSA) is 76.4 Å². The van der Waals surface area contributed by atoms with Crippen LogP contribution in [0, 0.1) is 5.92 Å². The van der Waals surface area contributed by atoms with Crippen LogP contribution in [0.15, 0.2) is 24.3 Å². The first kappa shape index (κ1) is 20.7. The number of hydrogen-bond acceptors (Lipinski definition) is 4. The Balaban J connectivity index is 0.00000441. The summed E-state index contributed by atoms with van der Waals surface area (Å²) in [4.78, 5) is 12.0. The lowest BCUT2D eigenvalue weighted by Gasteiger charge is -2.18. The van der Waals surface area contributed by atoms with E-state index >= 15 is 0 Å². The third-order valence-electron chi connectivity index (χ3n) is 3.65. The van der Waals surface area contributed by atoms with E-state index in [1.165, 1.54) is 0 Å². The summed E-state index contributed by atoms with van der Waals surface area (Å²) in [6.45, 7) is 5.86. The highest BCUT2D eigenvalue weighted by molar-refractivity contribution is 5.85. The number of rotatable bonds is 9. The molecule has 1 rings (SSSR count). The van der Waals surface area contributed by atoms with Gasteiger partial charge in [-0.05, 0) is 17.5 Å². The van der Waals surface area contributed by atoms with Gasteiger partial charge in [0.2, 0.25) is 5.91 Å². The van der Waals surface area contributed by atoms with Gasteiger partial charge in [-0.2, -0.15) is 0 Å². The number of carbonyl (C=O) groups is 1. The Bertz CT molecular complexity index is 443. The Kier molecular flexibility index (Phi) is 10.6. The predicted molar refractivity (Wildman–Crippen MR) is 93.3 cm³/mol. The van der Waals surface area contributed by atoms with Crippen LogP contribution in [0.25, 0.3) is 0 Å². The number of methoxy groups -OCH3 is 1. The van der Waals surface area contributed by atoms with Gasteiger partial charge in [0.15, 0.2) is 0 Å². The number of nitrogens with one attached hydrogen (secondary N) is 2. The van der Waals surface area contributed by atoms with Gasteiger partial charge in [0.25, 0.3) is 0 Å². The molecule has 5 nitrogen and oxygen atoms in total. The Labute approximate surface area is 139 Å². The van der Waals surface area contributed by atoms with Gasteiger partial charge in [-0.1, -0.05) is 38.5 Å². The summed E-state index contributed by atoms with van der Waals surface area (Å²) < 4.78 is 5.02. The van der Waals surface area contributed by atoms with E-state index in [-0.39, 0.29) is 24.2 Å². The van der Waals surface area contributed by atoms with Gasteiger partial charge in [-0.25, -0.2) is 0 Å². The number of hydrogen-bond donors (Lipinski definition) is 3. The fourth-order valence-corrected chi connectivity index (χ4v) is 1.95. The van der Waals surface area contributed by atoms with E-state index in [1.807, 2.05) is 38.1 Å². The van der Waals surface area contributed by atoms with Crippen LogP contribution < -0.4 is 16.4 Å². The quantitative estimate of drug-likeness (QED) is 0.607. The highest BCUT2D eigenvalue weighted by atomic mass is 35.5. The van der Waals surface area contributed by atoms with Crippen molar-refractivity contribution < 1.29 is 9.53 Å². The van der Waals surface area contributed by atoms with Crippen LogP contribution in [0.4, 0.5) is 5.69 Å². The number of nitrogens with two attached hydrogens (primary N) is 1. The number of anilines is 1. The molecule has 1 aromatic rings. The van der Waals surface area contributed by atoms with Crippen molar-refractivity contribution in [3.05, 3.63) is 29.8 Å². The minimum Gasteiger partial charge on any atom is -0.383 e. The van der Waals surface area contributed by atoms with Crippen LogP contribution in [0.5, 0.6) is 0 Å². The summed E-state index contributed by atoms with van der Waals surface area (Å²) in [5.41, 5.74) is 7.97. The Morgan fingerprint density at radius 1 is 1.36 bits per heavy atom. The van der Waals surface area contributed by atoms with E-state index in [9.17, 15) is 4.79 Å². The summed E-state index contributed by atoms with van der Waals surface area (Å²) in [5.74, 6) is 0.0797. The van der Waals surface area contributed by atoms with Crippen LogP contribution in [0.1, 0.15) is 25.8 Å². The third kappa shape index (κ3) is 6.64. The SMILES string of the molecule is CCC(C)C(N)C(=O)NCc1ccccc1NCCOC.Cl. The number of carbonyl (C=O) groups excluding carboxylic acids is 1. The minimum atomic E-state index is -0.455. The van der Waals surface area contributed by atoms with E-state index in [1.54, 1.807) is 7.11 Å². The van der Waals surface area contributed by atoms with E-state index in [2.05, 4.69) is 10.6 Å². The zero-order valence-corrected chi connectivity index (χ0v) is 14.4. The lowest BCUT2D eigenvalue weighted by Crippen LogP contribution is -2.44. The van der Waals surface area contributed by atoms with Gasteiger partial charge in [0.05, 0.1) is 12.6 Å². The molecule has 0 radical (unpaired) electrons. The second-order valence-electron chi connectivity index (χ2n) is 5.21. The molecule has 0 spiro atoms. The molecule has 0 aliphatic heterocycles. The number of amides is 1. The first-order valence-electron chi connectivity index (χ1n) is 7.44. The smallest absolute Gasteiger partial charge is 0.237 e. The molecule has 0 heterocycles. The standard InChI is InChI=1S/C16H27N3O2.ClH/c1-4-12(2)15(17)16(20)19-11-13-7-5-6-8-14(13)18-9-10-21-3;/h5-8,12,15,18H,4,9-11,17H2,1-3H3,(H,19,20);1H. The molecule has 2 atom stereocenters. The van der Waals surface area contributed by atoms with Gasteiger partial charge >= 0.3 is 0 Å². The van der Waals surface area contributed by atoms with E-state index in [4.69, 9.17) is 10.5 Å². The third-order valence-corrected chi connectivity index (χ3v) is 3.65. The summed E-state index contributed by atoms with van der Waals surface area (Å²) in [6.07, 6.45) is 0.893. The van der Waals surface area contributed by atoms with Crippen molar-refractivity contribution >= 4 is 24.0 Å². The molecule has 0 fully saturated rings. The van der Waals surface area contributed by atoms with Crippen molar-refractivity contribution in [2.24, 2.45) is 11.7 Å². The van der Waals surface area contributed by atoms with Crippen molar-refractivity contribution in [3.63, 3.8) is 0 Å². The molecule has 0 saturated heterocycles. The van der Waals surface area contributed by atoms with Gasteiger partial charge in [0, 0.05) is 25.9 Å². The molecule has 1 amide bonds. The van der Waals surface area contributed by atoms with Gasteiger partial charge in [-0.15, -0.1) is 12.4 Å². The zero-order chi connectivity index (χ0) is 15.7. The van der Waals surface area contributed by atoms with Crippen molar-refractivity contribution in [2.75, 3.05) is 25.6 Å². The average molecular weight is 330 g/mol. The number of ether oxygens (including phenoxy) is 1. The fourth-order valence-electron chi connectivity index (χ4n) is 1.95. The Hall–Kier alpha value is -1.30. The first-order valence-corrected chi connectivity index (χ1v) is 7.44. The molecular weight excluding hydrogens is 302 g/mol. The fraction of sp³-hybridized carbons (Fsp3) is 0.562. The summed E-state index contributed by atoms with van der Waals surface area (Å²) >= 11 is 0. The van der Waals surface area contributed by atoms with Crippen molar-refractivity contribution in [1.82, 2.24) is 5.32 Å². The number of benzene rings is 1. The molecule has 0 aliphatic rings. The normalized spacial score (nSPS) is 12.9. The van der Waals surface area contributed by atoms with E-state index in [0.29, 0.717) is 13.2 Å². The molecule has 0 saturated carbocycles. The van der Waals surface area contributed by atoms with E-state index < -0.39 is 6.04 Å². The molecule has 1 aromatic carbocycles. The van der Waals surface area contributed by atoms with Gasteiger partial charge < -0.3 is 21.1 Å². The lowest BCUT2D eigenvalue weighted by molar-refractivity contribution is -0.123. The van der Waals surface area contributed by atoms with Crippen molar-refractivity contribution in [3.8, 4) is 0 Å². The largest absolute Gasteiger partial charge is 0.383 e. The summed E-state index contributed by atoms with van der Waals surface area (Å²) in [7, 11) is 1.67. The van der Waals surface area contributed by atoms with Crippen LogP contribution in [-0.2, 0) is 16.1 Å². The van der Waals surface area contributed by atoms with Gasteiger partial charge in [0.1, 0.15) is 0 Å². The Morgan fingerprint density at radius 2 is 2.05 bits per heavy atom. The maximum absolute atomic E-state index is 12.0. The lowest BCUT2D eigenvalue weighted by atomic mass is 9.99. The molecular formula is C16H28ClN3O2. The van der Waals surface area contributed by atoms with Crippen LogP contribution in [0.3, 0.4) is 0 Å². The minimum absolute atomic E-state index is 0. The maximum atomic E-state index is 12.0. The van der Waals surface area contributed by atoms with Crippen LogP contribution >= 0.6 is 12.4 Å². The Morgan fingerprint density at radius 3 is 2.68 bits per heavy atom. The molecule has 2 unspecified atom stereocenters. The second-order valence-corrected chi connectivity index (χ2v) is 5.21. The average Bonchev–Trinajstić information content (AvgIpc) is 2.52. The molecule has 0 aromatic heterocycles. The first-order chi connectivity index (χ1) is 10.1. The highest BCUT2D eigenvalue weighted by Crippen LogP contribution is 2.14. The van der Waals surface area contributed by atoms with Crippen molar-refractivity contribution in [2.45, 2.75) is 32.9 Å². The molecule has 22 heavy (non-hydrogen) atoms. The predicted octanol–water partition coefficient (Wildman–Crippen LogP) is 2.16.